The molecule has 1 heterocycles. The second kappa shape index (κ2) is 6.23. The molecule has 0 unspecified atom stereocenters. The van der Waals surface area contributed by atoms with Crippen molar-refractivity contribution >= 4 is 17.4 Å². The lowest BCUT2D eigenvalue weighted by Gasteiger charge is -2.12. The van der Waals surface area contributed by atoms with Crippen LogP contribution in [-0.4, -0.2) is 9.97 Å². The lowest BCUT2D eigenvalue weighted by Crippen LogP contribution is -2.07. The van der Waals surface area contributed by atoms with Gasteiger partial charge in [-0.3, -0.25) is 0 Å². The lowest BCUT2D eigenvalue weighted by molar-refractivity contribution is 0.709. The molecule has 0 amide bonds. The Morgan fingerprint density at radius 3 is 2.65 bits per heavy atom. The van der Waals surface area contributed by atoms with E-state index >= 15 is 0 Å². The quantitative estimate of drug-likeness (QED) is 0.867. The van der Waals surface area contributed by atoms with E-state index in [-0.39, 0.29) is 0 Å². The molecule has 3 nitrogen and oxygen atoms in total. The molecule has 1 aromatic heterocycles. The van der Waals surface area contributed by atoms with E-state index in [0.717, 1.165) is 30.2 Å². The van der Waals surface area contributed by atoms with Crippen LogP contribution in [-0.2, 0) is 19.4 Å². The van der Waals surface area contributed by atoms with E-state index in [9.17, 15) is 0 Å². The van der Waals surface area contributed by atoms with Gasteiger partial charge >= 0.3 is 0 Å². The van der Waals surface area contributed by atoms with Crippen molar-refractivity contribution in [1.82, 2.24) is 9.97 Å². The number of aromatic nitrogens is 2. The Balaban J connectivity index is 1.75. The fourth-order valence-electron chi connectivity index (χ4n) is 2.64. The summed E-state index contributed by atoms with van der Waals surface area (Å²) in [5.41, 5.74) is 3.73. The first kappa shape index (κ1) is 13.4. The standard InChI is InChI=1S/C16H18ClN3/c17-13-8-6-12(7-9-13)10-18-16-14-4-2-1-3-5-15(14)19-11-20-16/h6-9,11H,1-5,10H2,(H,18,19,20). The summed E-state index contributed by atoms with van der Waals surface area (Å²) in [5, 5.41) is 4.21. The first-order chi connectivity index (χ1) is 9.83. The van der Waals surface area contributed by atoms with Gasteiger partial charge in [0.05, 0.1) is 0 Å². The van der Waals surface area contributed by atoms with E-state index in [1.165, 1.54) is 36.1 Å². The van der Waals surface area contributed by atoms with Gasteiger partial charge in [-0.25, -0.2) is 9.97 Å². The van der Waals surface area contributed by atoms with Crippen LogP contribution in [0.5, 0.6) is 0 Å². The molecule has 1 N–H and O–H groups in total. The van der Waals surface area contributed by atoms with Crippen molar-refractivity contribution in [3.05, 3.63) is 52.4 Å². The van der Waals surface area contributed by atoms with Crippen molar-refractivity contribution in [3.8, 4) is 0 Å². The fourth-order valence-corrected chi connectivity index (χ4v) is 2.76. The van der Waals surface area contributed by atoms with Crippen molar-refractivity contribution < 1.29 is 0 Å². The summed E-state index contributed by atoms with van der Waals surface area (Å²) in [6.45, 7) is 0.765. The number of nitrogens with zero attached hydrogens (tertiary/aromatic N) is 2. The molecule has 104 valence electrons. The van der Waals surface area contributed by atoms with Gasteiger partial charge in [0.15, 0.2) is 0 Å². The molecule has 0 atom stereocenters. The maximum atomic E-state index is 5.90. The monoisotopic (exact) mass is 287 g/mol. The third kappa shape index (κ3) is 3.10. The average molecular weight is 288 g/mol. The molecule has 0 aliphatic heterocycles. The zero-order chi connectivity index (χ0) is 13.8. The molecule has 0 saturated heterocycles. The molecular weight excluding hydrogens is 270 g/mol. The van der Waals surface area contributed by atoms with Gasteiger partial charge < -0.3 is 5.32 Å². The summed E-state index contributed by atoms with van der Waals surface area (Å²) in [6.07, 6.45) is 7.59. The molecule has 3 rings (SSSR count). The normalized spacial score (nSPS) is 14.4. The molecule has 0 spiro atoms. The highest BCUT2D eigenvalue weighted by Gasteiger charge is 2.13. The molecule has 0 radical (unpaired) electrons. The Hall–Kier alpha value is -1.61. The Morgan fingerprint density at radius 2 is 1.80 bits per heavy atom. The van der Waals surface area contributed by atoms with Gasteiger partial charge in [0.1, 0.15) is 12.1 Å². The maximum Gasteiger partial charge on any atom is 0.133 e. The highest BCUT2D eigenvalue weighted by molar-refractivity contribution is 6.30. The Kier molecular flexibility index (Phi) is 4.16. The summed E-state index contributed by atoms with van der Waals surface area (Å²) in [6, 6.07) is 7.91. The summed E-state index contributed by atoms with van der Waals surface area (Å²) in [7, 11) is 0. The predicted octanol–water partition coefficient (Wildman–Crippen LogP) is 4.01. The molecule has 20 heavy (non-hydrogen) atoms. The number of aryl methyl sites for hydroxylation is 1. The van der Waals surface area contributed by atoms with Crippen molar-refractivity contribution in [2.24, 2.45) is 0 Å². The molecule has 2 aromatic rings. The van der Waals surface area contributed by atoms with Gasteiger partial charge in [-0.15, -0.1) is 0 Å². The summed E-state index contributed by atoms with van der Waals surface area (Å²) in [4.78, 5) is 8.86. The van der Waals surface area contributed by atoms with Crippen LogP contribution < -0.4 is 5.32 Å². The average Bonchev–Trinajstić information content (AvgIpc) is 2.72. The van der Waals surface area contributed by atoms with Crippen LogP contribution in [0.1, 0.15) is 36.1 Å². The second-order valence-corrected chi connectivity index (χ2v) is 5.62. The van der Waals surface area contributed by atoms with E-state index < -0.39 is 0 Å². The van der Waals surface area contributed by atoms with Crippen LogP contribution in [0.15, 0.2) is 30.6 Å². The third-order valence-electron chi connectivity index (χ3n) is 3.75. The molecule has 1 aliphatic rings. The van der Waals surface area contributed by atoms with E-state index in [1.54, 1.807) is 6.33 Å². The van der Waals surface area contributed by atoms with Gasteiger partial charge in [0, 0.05) is 22.8 Å². The van der Waals surface area contributed by atoms with Crippen LogP contribution in [0.3, 0.4) is 0 Å². The number of hydrogen-bond donors (Lipinski definition) is 1. The SMILES string of the molecule is Clc1ccc(CNc2ncnc3c2CCCCC3)cc1. The number of hydrogen-bond acceptors (Lipinski definition) is 3. The molecule has 0 saturated carbocycles. The maximum absolute atomic E-state index is 5.90. The minimum Gasteiger partial charge on any atom is -0.366 e. The van der Waals surface area contributed by atoms with Crippen LogP contribution in [0.4, 0.5) is 5.82 Å². The largest absolute Gasteiger partial charge is 0.366 e. The molecule has 4 heteroatoms. The van der Waals surface area contributed by atoms with Crippen molar-refractivity contribution in [2.45, 2.75) is 38.6 Å². The molecular formula is C16H18ClN3. The second-order valence-electron chi connectivity index (χ2n) is 5.19. The van der Waals surface area contributed by atoms with Crippen LogP contribution >= 0.6 is 11.6 Å². The summed E-state index contributed by atoms with van der Waals surface area (Å²) < 4.78 is 0. The van der Waals surface area contributed by atoms with E-state index in [4.69, 9.17) is 11.6 Å². The first-order valence-electron chi connectivity index (χ1n) is 7.14. The predicted molar refractivity (Wildman–Crippen MR) is 82.1 cm³/mol. The molecule has 0 bridgehead atoms. The van der Waals surface area contributed by atoms with Gasteiger partial charge in [-0.2, -0.15) is 0 Å². The number of benzene rings is 1. The van der Waals surface area contributed by atoms with E-state index in [2.05, 4.69) is 15.3 Å². The minimum atomic E-state index is 0.765. The van der Waals surface area contributed by atoms with Crippen LogP contribution in [0, 0.1) is 0 Å². The van der Waals surface area contributed by atoms with E-state index in [1.807, 2.05) is 24.3 Å². The number of rotatable bonds is 3. The molecule has 1 aromatic carbocycles. The fraction of sp³-hybridized carbons (Fsp3) is 0.375. The Bertz CT molecular complexity index is 581. The number of nitrogens with one attached hydrogen (secondary N) is 1. The number of halogens is 1. The van der Waals surface area contributed by atoms with Crippen molar-refractivity contribution in [1.29, 1.82) is 0 Å². The van der Waals surface area contributed by atoms with E-state index in [0.29, 0.717) is 0 Å². The zero-order valence-corrected chi connectivity index (χ0v) is 12.2. The van der Waals surface area contributed by atoms with Gasteiger partial charge in [-0.05, 0) is 43.4 Å². The van der Waals surface area contributed by atoms with Crippen molar-refractivity contribution in [2.75, 3.05) is 5.32 Å². The Labute approximate surface area is 124 Å². The highest BCUT2D eigenvalue weighted by Crippen LogP contribution is 2.24. The van der Waals surface area contributed by atoms with Gasteiger partial charge in [0.2, 0.25) is 0 Å². The first-order valence-corrected chi connectivity index (χ1v) is 7.52. The third-order valence-corrected chi connectivity index (χ3v) is 4.00. The topological polar surface area (TPSA) is 37.8 Å². The smallest absolute Gasteiger partial charge is 0.133 e. The van der Waals surface area contributed by atoms with Gasteiger partial charge in [0.25, 0.3) is 0 Å². The summed E-state index contributed by atoms with van der Waals surface area (Å²) in [5.74, 6) is 0.992. The lowest BCUT2D eigenvalue weighted by atomic mass is 10.1. The molecule has 1 aliphatic carbocycles. The van der Waals surface area contributed by atoms with Crippen LogP contribution in [0.25, 0.3) is 0 Å². The minimum absolute atomic E-state index is 0.765. The Morgan fingerprint density at radius 1 is 1.00 bits per heavy atom. The number of anilines is 1. The zero-order valence-electron chi connectivity index (χ0n) is 11.4. The highest BCUT2D eigenvalue weighted by atomic mass is 35.5. The summed E-state index contributed by atoms with van der Waals surface area (Å²) >= 11 is 5.90. The number of fused-ring (bicyclic) bond motifs is 1. The van der Waals surface area contributed by atoms with Gasteiger partial charge in [-0.1, -0.05) is 30.2 Å². The van der Waals surface area contributed by atoms with Crippen molar-refractivity contribution in [3.63, 3.8) is 0 Å². The molecule has 0 fully saturated rings. The van der Waals surface area contributed by atoms with Crippen LogP contribution in [0.2, 0.25) is 5.02 Å².